The fourth-order valence-electron chi connectivity index (χ4n) is 2.06. The molecule has 0 radical (unpaired) electrons. The molecule has 20 heavy (non-hydrogen) atoms. The number of hydrogen-bond acceptors (Lipinski definition) is 7. The lowest BCUT2D eigenvalue weighted by Gasteiger charge is -2.26. The number of rotatable bonds is 5. The van der Waals surface area contributed by atoms with E-state index in [2.05, 4.69) is 10.3 Å². The highest BCUT2D eigenvalue weighted by atomic mass is 16.6. The van der Waals surface area contributed by atoms with Crippen molar-refractivity contribution in [1.82, 2.24) is 4.98 Å². The van der Waals surface area contributed by atoms with Crippen molar-refractivity contribution in [3.63, 3.8) is 0 Å². The van der Waals surface area contributed by atoms with Crippen molar-refractivity contribution >= 4 is 11.5 Å². The van der Waals surface area contributed by atoms with Crippen molar-refractivity contribution in [2.24, 2.45) is 0 Å². The van der Waals surface area contributed by atoms with Gasteiger partial charge in [0.2, 0.25) is 11.7 Å². The van der Waals surface area contributed by atoms with Crippen molar-refractivity contribution in [2.75, 3.05) is 25.6 Å². The first-order valence-corrected chi connectivity index (χ1v) is 6.23. The second-order valence-electron chi connectivity index (χ2n) is 4.70. The van der Waals surface area contributed by atoms with Crippen molar-refractivity contribution in [3.8, 4) is 5.88 Å². The molecule has 8 nitrogen and oxygen atoms in total. The lowest BCUT2D eigenvalue weighted by Crippen LogP contribution is -2.43. The molecular weight excluding hydrogens is 266 g/mol. The zero-order valence-electron chi connectivity index (χ0n) is 11.3. The van der Waals surface area contributed by atoms with Crippen molar-refractivity contribution < 1.29 is 19.5 Å². The van der Waals surface area contributed by atoms with Crippen LogP contribution in [0.5, 0.6) is 5.88 Å². The van der Waals surface area contributed by atoms with E-state index >= 15 is 0 Å². The minimum absolute atomic E-state index is 0.0712. The number of nitrogens with one attached hydrogen (secondary N) is 1. The molecule has 2 unspecified atom stereocenters. The summed E-state index contributed by atoms with van der Waals surface area (Å²) in [4.78, 5) is 14.4. The molecule has 0 bridgehead atoms. The fourth-order valence-corrected chi connectivity index (χ4v) is 2.06. The van der Waals surface area contributed by atoms with Gasteiger partial charge in [-0.2, -0.15) is 4.98 Å². The first kappa shape index (κ1) is 14.5. The number of anilines is 1. The molecule has 1 fully saturated rings. The third-order valence-corrected chi connectivity index (χ3v) is 3.48. The van der Waals surface area contributed by atoms with Gasteiger partial charge < -0.3 is 19.9 Å². The Bertz CT molecular complexity index is 510. The van der Waals surface area contributed by atoms with E-state index in [9.17, 15) is 15.2 Å². The number of nitrogens with zero attached hydrogens (tertiary/aromatic N) is 2. The van der Waals surface area contributed by atoms with Gasteiger partial charge in [-0.15, -0.1) is 0 Å². The van der Waals surface area contributed by atoms with Crippen LogP contribution in [0.1, 0.15) is 13.3 Å². The maximum Gasteiger partial charge on any atom is 0.311 e. The van der Waals surface area contributed by atoms with Gasteiger partial charge >= 0.3 is 5.69 Å². The number of methoxy groups -OCH3 is 1. The normalized spacial score (nSPS) is 25.4. The molecule has 0 aromatic carbocycles. The summed E-state index contributed by atoms with van der Waals surface area (Å²) in [6.07, 6.45) is 0.138. The van der Waals surface area contributed by atoms with Gasteiger partial charge in [-0.25, -0.2) is 0 Å². The number of hydrogen-bond donors (Lipinski definition) is 2. The maximum atomic E-state index is 11.0. The van der Waals surface area contributed by atoms with Gasteiger partial charge in [-0.05, 0) is 6.92 Å². The van der Waals surface area contributed by atoms with E-state index in [0.717, 1.165) is 0 Å². The fraction of sp³-hybridized carbons (Fsp3) is 0.583. The molecule has 2 heterocycles. The van der Waals surface area contributed by atoms with Crippen molar-refractivity contribution in [3.05, 3.63) is 22.2 Å². The van der Waals surface area contributed by atoms with Gasteiger partial charge in [0.05, 0.1) is 18.1 Å². The summed E-state index contributed by atoms with van der Waals surface area (Å²) in [5.74, 6) is 0.336. The molecule has 1 saturated heterocycles. The molecule has 0 spiro atoms. The van der Waals surface area contributed by atoms with E-state index in [1.54, 1.807) is 6.92 Å². The predicted molar refractivity (Wildman–Crippen MR) is 70.9 cm³/mol. The summed E-state index contributed by atoms with van der Waals surface area (Å²) < 4.78 is 10.3. The average Bonchev–Trinajstić information content (AvgIpc) is 2.76. The van der Waals surface area contributed by atoms with E-state index in [0.29, 0.717) is 13.0 Å². The molecular formula is C12H17N3O5. The standard InChI is InChI=1S/C12H17N3O5/c1-8-12(16,5-6-20-8)7-13-11-9(15(17)18)3-4-10(14-11)19-2/h3-4,8,16H,5-7H2,1-2H3,(H,13,14). The Morgan fingerprint density at radius 2 is 2.45 bits per heavy atom. The van der Waals surface area contributed by atoms with Crippen LogP contribution in [0.4, 0.5) is 11.5 Å². The molecule has 0 saturated carbocycles. The van der Waals surface area contributed by atoms with Crippen LogP contribution >= 0.6 is 0 Å². The van der Waals surface area contributed by atoms with Gasteiger partial charge in [0.25, 0.3) is 0 Å². The maximum absolute atomic E-state index is 11.0. The molecule has 2 N–H and O–H groups in total. The van der Waals surface area contributed by atoms with E-state index in [1.165, 1.54) is 19.2 Å². The van der Waals surface area contributed by atoms with Crippen LogP contribution in [0.3, 0.4) is 0 Å². The Kier molecular flexibility index (Phi) is 4.05. The third-order valence-electron chi connectivity index (χ3n) is 3.48. The minimum atomic E-state index is -1.06. The molecule has 8 heteroatoms. The minimum Gasteiger partial charge on any atom is -0.481 e. The lowest BCUT2D eigenvalue weighted by atomic mass is 9.97. The third kappa shape index (κ3) is 2.81. The van der Waals surface area contributed by atoms with E-state index in [1.807, 2.05) is 0 Å². The number of aliphatic hydroxyl groups is 1. The van der Waals surface area contributed by atoms with Gasteiger partial charge in [-0.3, -0.25) is 10.1 Å². The molecule has 1 aliphatic heterocycles. The van der Waals surface area contributed by atoms with E-state index < -0.39 is 10.5 Å². The lowest BCUT2D eigenvalue weighted by molar-refractivity contribution is -0.384. The SMILES string of the molecule is COc1ccc([N+](=O)[O-])c(NCC2(O)CCOC2C)n1. The molecule has 2 rings (SSSR count). The summed E-state index contributed by atoms with van der Waals surface area (Å²) in [6.45, 7) is 2.35. The topological polar surface area (TPSA) is 107 Å². The van der Waals surface area contributed by atoms with Gasteiger partial charge in [-0.1, -0.05) is 0 Å². The largest absolute Gasteiger partial charge is 0.481 e. The van der Waals surface area contributed by atoms with Crippen LogP contribution < -0.4 is 10.1 Å². The van der Waals surface area contributed by atoms with Gasteiger partial charge in [0, 0.05) is 31.7 Å². The second kappa shape index (κ2) is 5.59. The molecule has 2 atom stereocenters. The first-order chi connectivity index (χ1) is 9.46. The highest BCUT2D eigenvalue weighted by Gasteiger charge is 2.39. The smallest absolute Gasteiger partial charge is 0.311 e. The highest BCUT2D eigenvalue weighted by Crippen LogP contribution is 2.29. The summed E-state index contributed by atoms with van der Waals surface area (Å²) in [5, 5.41) is 24.1. The van der Waals surface area contributed by atoms with E-state index in [4.69, 9.17) is 9.47 Å². The second-order valence-corrected chi connectivity index (χ2v) is 4.70. The zero-order valence-corrected chi connectivity index (χ0v) is 11.3. The van der Waals surface area contributed by atoms with Gasteiger partial charge in [0.15, 0.2) is 0 Å². The van der Waals surface area contributed by atoms with Crippen molar-refractivity contribution in [1.29, 1.82) is 0 Å². The van der Waals surface area contributed by atoms with Gasteiger partial charge in [0.1, 0.15) is 5.60 Å². The van der Waals surface area contributed by atoms with Crippen LogP contribution in [0.25, 0.3) is 0 Å². The molecule has 0 amide bonds. The Hall–Kier alpha value is -1.93. The first-order valence-electron chi connectivity index (χ1n) is 6.23. The van der Waals surface area contributed by atoms with Crippen LogP contribution in [-0.2, 0) is 4.74 Å². The Morgan fingerprint density at radius 3 is 3.00 bits per heavy atom. The number of pyridine rings is 1. The van der Waals surface area contributed by atoms with Crippen LogP contribution in [0.2, 0.25) is 0 Å². The average molecular weight is 283 g/mol. The summed E-state index contributed by atoms with van der Waals surface area (Å²) in [7, 11) is 1.43. The Balaban J connectivity index is 2.17. The summed E-state index contributed by atoms with van der Waals surface area (Å²) in [6, 6.07) is 2.73. The monoisotopic (exact) mass is 283 g/mol. The predicted octanol–water partition coefficient (Wildman–Crippen LogP) is 0.950. The molecule has 110 valence electrons. The number of ether oxygens (including phenoxy) is 2. The highest BCUT2D eigenvalue weighted by molar-refractivity contribution is 5.57. The number of nitro groups is 1. The molecule has 1 aromatic rings. The summed E-state index contributed by atoms with van der Waals surface area (Å²) in [5.41, 5.74) is -1.22. The molecule has 1 aromatic heterocycles. The molecule has 0 aliphatic carbocycles. The summed E-state index contributed by atoms with van der Waals surface area (Å²) >= 11 is 0. The van der Waals surface area contributed by atoms with Crippen molar-refractivity contribution in [2.45, 2.75) is 25.0 Å². The van der Waals surface area contributed by atoms with Crippen LogP contribution in [0.15, 0.2) is 12.1 Å². The Labute approximate surface area is 115 Å². The molecule has 1 aliphatic rings. The van der Waals surface area contributed by atoms with E-state index in [-0.39, 0.29) is 30.0 Å². The van der Waals surface area contributed by atoms with Crippen LogP contribution in [0, 0.1) is 10.1 Å². The quantitative estimate of drug-likeness (QED) is 0.612. The zero-order chi connectivity index (χ0) is 14.8. The Morgan fingerprint density at radius 1 is 1.70 bits per heavy atom. The van der Waals surface area contributed by atoms with Crippen LogP contribution in [-0.4, -0.2) is 47.0 Å². The number of aromatic nitrogens is 1.